The molecular weight excluding hydrogens is 270 g/mol. The van der Waals surface area contributed by atoms with Crippen LogP contribution in [0.5, 0.6) is 0 Å². The molecule has 1 N–H and O–H groups in total. The largest absolute Gasteiger partial charge is 0.376 e. The first kappa shape index (κ1) is 11.6. The van der Waals surface area contributed by atoms with E-state index in [1.165, 1.54) is 0 Å². The maximum atomic E-state index is 11.9. The summed E-state index contributed by atoms with van der Waals surface area (Å²) in [6.45, 7) is 2.71. The van der Waals surface area contributed by atoms with Crippen molar-refractivity contribution in [1.29, 1.82) is 0 Å². The third-order valence-electron chi connectivity index (χ3n) is 2.78. The van der Waals surface area contributed by atoms with Gasteiger partial charge >= 0.3 is 0 Å². The lowest BCUT2D eigenvalue weighted by Gasteiger charge is -2.15. The highest BCUT2D eigenvalue weighted by Gasteiger charge is 2.25. The SMILES string of the molecule is CC1OCCC1NC(=O)c1cccc(Br)c1. The monoisotopic (exact) mass is 283 g/mol. The lowest BCUT2D eigenvalue weighted by atomic mass is 10.1. The Morgan fingerprint density at radius 2 is 2.38 bits per heavy atom. The third kappa shape index (κ3) is 2.62. The molecule has 0 aliphatic carbocycles. The van der Waals surface area contributed by atoms with Crippen molar-refractivity contribution in [3.05, 3.63) is 34.3 Å². The summed E-state index contributed by atoms with van der Waals surface area (Å²) in [5.74, 6) is -0.0383. The van der Waals surface area contributed by atoms with Gasteiger partial charge in [0.25, 0.3) is 5.91 Å². The van der Waals surface area contributed by atoms with E-state index in [0.717, 1.165) is 17.5 Å². The summed E-state index contributed by atoms with van der Waals surface area (Å²) in [4.78, 5) is 11.9. The molecule has 0 spiro atoms. The van der Waals surface area contributed by atoms with Gasteiger partial charge in [-0.1, -0.05) is 22.0 Å². The average molecular weight is 284 g/mol. The summed E-state index contributed by atoms with van der Waals surface area (Å²) in [6.07, 6.45) is 0.997. The Morgan fingerprint density at radius 3 is 3.00 bits per heavy atom. The normalized spacial score (nSPS) is 24.4. The molecule has 4 heteroatoms. The van der Waals surface area contributed by atoms with Crippen molar-refractivity contribution >= 4 is 21.8 Å². The van der Waals surface area contributed by atoms with Gasteiger partial charge in [-0.05, 0) is 31.5 Å². The van der Waals surface area contributed by atoms with E-state index in [2.05, 4.69) is 21.2 Å². The molecule has 2 rings (SSSR count). The second-order valence-electron chi connectivity index (χ2n) is 3.95. The van der Waals surface area contributed by atoms with Crippen molar-refractivity contribution in [3.63, 3.8) is 0 Å². The van der Waals surface area contributed by atoms with Crippen LogP contribution in [0.15, 0.2) is 28.7 Å². The van der Waals surface area contributed by atoms with E-state index in [0.29, 0.717) is 5.56 Å². The Bertz CT molecular complexity index is 394. The fraction of sp³-hybridized carbons (Fsp3) is 0.417. The van der Waals surface area contributed by atoms with E-state index < -0.39 is 0 Å². The number of halogens is 1. The fourth-order valence-corrected chi connectivity index (χ4v) is 2.20. The number of hydrogen-bond donors (Lipinski definition) is 1. The van der Waals surface area contributed by atoms with Gasteiger partial charge in [0.2, 0.25) is 0 Å². The Balaban J connectivity index is 2.03. The summed E-state index contributed by atoms with van der Waals surface area (Å²) < 4.78 is 6.31. The minimum absolute atomic E-state index is 0.0383. The Kier molecular flexibility index (Phi) is 3.61. The van der Waals surface area contributed by atoms with Crippen LogP contribution < -0.4 is 5.32 Å². The molecule has 1 amide bonds. The van der Waals surface area contributed by atoms with Gasteiger partial charge in [-0.15, -0.1) is 0 Å². The van der Waals surface area contributed by atoms with Crippen LogP contribution in [0.4, 0.5) is 0 Å². The van der Waals surface area contributed by atoms with E-state index in [1.54, 1.807) is 6.07 Å². The highest BCUT2D eigenvalue weighted by Crippen LogP contribution is 2.15. The Labute approximate surface area is 103 Å². The van der Waals surface area contributed by atoms with E-state index in [1.807, 2.05) is 25.1 Å². The molecule has 2 unspecified atom stereocenters. The maximum absolute atomic E-state index is 11.9. The summed E-state index contributed by atoms with van der Waals surface area (Å²) in [5.41, 5.74) is 0.675. The van der Waals surface area contributed by atoms with Gasteiger partial charge in [0.1, 0.15) is 0 Å². The summed E-state index contributed by atoms with van der Waals surface area (Å²) in [6, 6.07) is 7.51. The predicted octanol–water partition coefficient (Wildman–Crippen LogP) is 2.36. The molecule has 1 fully saturated rings. The van der Waals surface area contributed by atoms with Crippen molar-refractivity contribution in [1.82, 2.24) is 5.32 Å². The van der Waals surface area contributed by atoms with E-state index in [-0.39, 0.29) is 18.1 Å². The van der Waals surface area contributed by atoms with Gasteiger partial charge in [-0.3, -0.25) is 4.79 Å². The molecule has 3 nitrogen and oxygen atoms in total. The fourth-order valence-electron chi connectivity index (χ4n) is 1.80. The molecule has 0 saturated carbocycles. The van der Waals surface area contributed by atoms with Crippen LogP contribution in [0.25, 0.3) is 0 Å². The number of ether oxygens (including phenoxy) is 1. The van der Waals surface area contributed by atoms with Gasteiger partial charge in [0.15, 0.2) is 0 Å². The smallest absolute Gasteiger partial charge is 0.251 e. The molecule has 0 bridgehead atoms. The van der Waals surface area contributed by atoms with E-state index in [4.69, 9.17) is 4.74 Å². The van der Waals surface area contributed by atoms with Gasteiger partial charge in [-0.2, -0.15) is 0 Å². The molecule has 1 aromatic carbocycles. The zero-order valence-electron chi connectivity index (χ0n) is 9.07. The molecule has 2 atom stereocenters. The zero-order valence-corrected chi connectivity index (χ0v) is 10.7. The number of rotatable bonds is 2. The molecular formula is C12H14BrNO2. The van der Waals surface area contributed by atoms with Crippen molar-refractivity contribution in [2.75, 3.05) is 6.61 Å². The molecule has 1 aliphatic heterocycles. The lowest BCUT2D eigenvalue weighted by molar-refractivity contribution is 0.0866. The van der Waals surface area contributed by atoms with Crippen LogP contribution in [0.2, 0.25) is 0 Å². The summed E-state index contributed by atoms with van der Waals surface area (Å²) in [7, 11) is 0. The Hall–Kier alpha value is -0.870. The number of benzene rings is 1. The van der Waals surface area contributed by atoms with Gasteiger partial charge in [0, 0.05) is 16.6 Å². The standard InChI is InChI=1S/C12H14BrNO2/c1-8-11(5-6-16-8)14-12(15)9-3-2-4-10(13)7-9/h2-4,7-8,11H,5-6H2,1H3,(H,14,15). The first-order valence-corrected chi connectivity index (χ1v) is 6.14. The molecule has 86 valence electrons. The number of hydrogen-bond acceptors (Lipinski definition) is 2. The second kappa shape index (κ2) is 4.97. The first-order chi connectivity index (χ1) is 7.66. The minimum atomic E-state index is -0.0383. The van der Waals surface area contributed by atoms with Crippen molar-refractivity contribution in [3.8, 4) is 0 Å². The number of carbonyl (C=O) groups is 1. The molecule has 0 aromatic heterocycles. The zero-order chi connectivity index (χ0) is 11.5. The van der Waals surface area contributed by atoms with Crippen LogP contribution in [0.1, 0.15) is 23.7 Å². The topological polar surface area (TPSA) is 38.3 Å². The van der Waals surface area contributed by atoms with Crippen LogP contribution in [0, 0.1) is 0 Å². The highest BCUT2D eigenvalue weighted by molar-refractivity contribution is 9.10. The number of amides is 1. The van der Waals surface area contributed by atoms with E-state index >= 15 is 0 Å². The summed E-state index contributed by atoms with van der Waals surface area (Å²) in [5, 5.41) is 2.99. The maximum Gasteiger partial charge on any atom is 0.251 e. The Morgan fingerprint density at radius 1 is 1.56 bits per heavy atom. The predicted molar refractivity (Wildman–Crippen MR) is 65.4 cm³/mol. The molecule has 1 aliphatic rings. The summed E-state index contributed by atoms with van der Waals surface area (Å²) >= 11 is 3.35. The number of nitrogens with one attached hydrogen (secondary N) is 1. The molecule has 1 saturated heterocycles. The quantitative estimate of drug-likeness (QED) is 0.905. The minimum Gasteiger partial charge on any atom is -0.376 e. The van der Waals surface area contributed by atoms with Crippen LogP contribution >= 0.6 is 15.9 Å². The highest BCUT2D eigenvalue weighted by atomic mass is 79.9. The van der Waals surface area contributed by atoms with Crippen molar-refractivity contribution < 1.29 is 9.53 Å². The third-order valence-corrected chi connectivity index (χ3v) is 3.27. The van der Waals surface area contributed by atoms with Crippen molar-refractivity contribution in [2.24, 2.45) is 0 Å². The lowest BCUT2D eigenvalue weighted by Crippen LogP contribution is -2.39. The molecule has 16 heavy (non-hydrogen) atoms. The van der Waals surface area contributed by atoms with Gasteiger partial charge in [0.05, 0.1) is 12.1 Å². The average Bonchev–Trinajstić information content (AvgIpc) is 2.64. The molecule has 1 heterocycles. The van der Waals surface area contributed by atoms with Gasteiger partial charge < -0.3 is 10.1 Å². The van der Waals surface area contributed by atoms with Crippen LogP contribution in [0.3, 0.4) is 0 Å². The molecule has 0 radical (unpaired) electrons. The first-order valence-electron chi connectivity index (χ1n) is 5.35. The van der Waals surface area contributed by atoms with E-state index in [9.17, 15) is 4.79 Å². The van der Waals surface area contributed by atoms with Crippen LogP contribution in [-0.2, 0) is 4.74 Å². The molecule has 1 aromatic rings. The number of carbonyl (C=O) groups excluding carboxylic acids is 1. The second-order valence-corrected chi connectivity index (χ2v) is 4.87. The van der Waals surface area contributed by atoms with Gasteiger partial charge in [-0.25, -0.2) is 0 Å². The van der Waals surface area contributed by atoms with Crippen LogP contribution in [-0.4, -0.2) is 24.7 Å². The van der Waals surface area contributed by atoms with Crippen molar-refractivity contribution in [2.45, 2.75) is 25.5 Å².